The standard InChI is InChI=1S/C21H24N4O2/c1-14-9-10-15(2)19(11-14)23-20(26)13-25(4)16(3)21(27)24-18-8-6-5-7-17(18)12-22/h5-11,16H,13H2,1-4H3,(H,23,26)(H,24,27)/t16-/m1/s1. The van der Waals surface area contributed by atoms with Crippen LogP contribution in [0.4, 0.5) is 11.4 Å². The van der Waals surface area contributed by atoms with Crippen molar-refractivity contribution in [1.82, 2.24) is 4.90 Å². The molecule has 0 unspecified atom stereocenters. The van der Waals surface area contributed by atoms with Gasteiger partial charge in [0.2, 0.25) is 11.8 Å². The summed E-state index contributed by atoms with van der Waals surface area (Å²) in [6, 6.07) is 14.2. The lowest BCUT2D eigenvalue weighted by atomic mass is 10.1. The van der Waals surface area contributed by atoms with Gasteiger partial charge in [-0.2, -0.15) is 5.26 Å². The summed E-state index contributed by atoms with van der Waals surface area (Å²) in [5.74, 6) is -0.469. The van der Waals surface area contributed by atoms with Gasteiger partial charge in [-0.1, -0.05) is 24.3 Å². The first-order chi connectivity index (χ1) is 12.8. The molecule has 6 heteroatoms. The summed E-state index contributed by atoms with van der Waals surface area (Å²) in [5, 5.41) is 14.8. The predicted molar refractivity (Wildman–Crippen MR) is 106 cm³/mol. The molecule has 1 atom stereocenters. The quantitative estimate of drug-likeness (QED) is 0.825. The van der Waals surface area contributed by atoms with Crippen molar-refractivity contribution in [3.05, 3.63) is 59.2 Å². The molecule has 2 rings (SSSR count). The molecule has 140 valence electrons. The Morgan fingerprint density at radius 3 is 2.52 bits per heavy atom. The van der Waals surface area contributed by atoms with E-state index in [1.54, 1.807) is 43.1 Å². The number of nitriles is 1. The van der Waals surface area contributed by atoms with Crippen molar-refractivity contribution in [2.24, 2.45) is 0 Å². The third kappa shape index (κ3) is 5.40. The Morgan fingerprint density at radius 1 is 1.11 bits per heavy atom. The van der Waals surface area contributed by atoms with E-state index in [1.165, 1.54) is 0 Å². The zero-order valence-electron chi connectivity index (χ0n) is 16.0. The molecule has 27 heavy (non-hydrogen) atoms. The second-order valence-corrected chi connectivity index (χ2v) is 6.60. The molecule has 2 amide bonds. The Hall–Kier alpha value is -3.17. The average molecular weight is 364 g/mol. The molecule has 0 bridgehead atoms. The second-order valence-electron chi connectivity index (χ2n) is 6.60. The third-order valence-corrected chi connectivity index (χ3v) is 4.41. The fourth-order valence-electron chi connectivity index (χ4n) is 2.55. The number of rotatable bonds is 6. The highest BCUT2D eigenvalue weighted by Gasteiger charge is 2.21. The summed E-state index contributed by atoms with van der Waals surface area (Å²) < 4.78 is 0. The number of aryl methyl sites for hydroxylation is 2. The Morgan fingerprint density at radius 2 is 1.81 bits per heavy atom. The van der Waals surface area contributed by atoms with E-state index in [0.29, 0.717) is 11.3 Å². The summed E-state index contributed by atoms with van der Waals surface area (Å²) in [6.45, 7) is 5.69. The van der Waals surface area contributed by atoms with Gasteiger partial charge in [-0.15, -0.1) is 0 Å². The first kappa shape index (κ1) is 20.1. The number of carbonyl (C=O) groups excluding carboxylic acids is 2. The van der Waals surface area contributed by atoms with Gasteiger partial charge in [0.05, 0.1) is 23.8 Å². The number of amides is 2. The van der Waals surface area contributed by atoms with E-state index in [-0.39, 0.29) is 18.4 Å². The van der Waals surface area contributed by atoms with E-state index >= 15 is 0 Å². The van der Waals surface area contributed by atoms with Crippen LogP contribution in [0.1, 0.15) is 23.6 Å². The molecule has 6 nitrogen and oxygen atoms in total. The van der Waals surface area contributed by atoms with Crippen LogP contribution in [0, 0.1) is 25.2 Å². The Kier molecular flexibility index (Phi) is 6.69. The number of likely N-dealkylation sites (N-methyl/N-ethyl adjacent to an activating group) is 1. The number of hydrogen-bond donors (Lipinski definition) is 2. The van der Waals surface area contributed by atoms with Crippen LogP contribution >= 0.6 is 0 Å². The zero-order valence-corrected chi connectivity index (χ0v) is 16.0. The van der Waals surface area contributed by atoms with E-state index in [4.69, 9.17) is 5.26 Å². The van der Waals surface area contributed by atoms with Gasteiger partial charge in [0.25, 0.3) is 0 Å². The lowest BCUT2D eigenvalue weighted by molar-refractivity contribution is -0.122. The van der Waals surface area contributed by atoms with Gasteiger partial charge < -0.3 is 10.6 Å². The minimum Gasteiger partial charge on any atom is -0.325 e. The van der Waals surface area contributed by atoms with Crippen LogP contribution in [-0.2, 0) is 9.59 Å². The number of nitrogens with one attached hydrogen (secondary N) is 2. The molecule has 0 fully saturated rings. The molecular weight excluding hydrogens is 340 g/mol. The average Bonchev–Trinajstić information content (AvgIpc) is 2.64. The van der Waals surface area contributed by atoms with Gasteiger partial charge in [-0.25, -0.2) is 0 Å². The zero-order chi connectivity index (χ0) is 20.0. The van der Waals surface area contributed by atoms with Crippen LogP contribution in [-0.4, -0.2) is 36.3 Å². The van der Waals surface area contributed by atoms with Crippen molar-refractivity contribution in [2.75, 3.05) is 24.2 Å². The number of carbonyl (C=O) groups is 2. The molecule has 2 aromatic carbocycles. The van der Waals surface area contributed by atoms with Crippen molar-refractivity contribution < 1.29 is 9.59 Å². The summed E-state index contributed by atoms with van der Waals surface area (Å²) in [4.78, 5) is 26.5. The smallest absolute Gasteiger partial charge is 0.241 e. The number of nitrogens with zero attached hydrogens (tertiary/aromatic N) is 2. The lowest BCUT2D eigenvalue weighted by Crippen LogP contribution is -2.43. The van der Waals surface area contributed by atoms with Crippen LogP contribution in [0.15, 0.2) is 42.5 Å². The summed E-state index contributed by atoms with van der Waals surface area (Å²) in [6.07, 6.45) is 0. The molecule has 2 aromatic rings. The molecule has 0 spiro atoms. The van der Waals surface area contributed by atoms with Crippen LogP contribution in [0.5, 0.6) is 0 Å². The fourth-order valence-corrected chi connectivity index (χ4v) is 2.55. The first-order valence-corrected chi connectivity index (χ1v) is 8.69. The monoisotopic (exact) mass is 364 g/mol. The third-order valence-electron chi connectivity index (χ3n) is 4.41. The Balaban J connectivity index is 1.97. The number of hydrogen-bond acceptors (Lipinski definition) is 4. The molecular formula is C21H24N4O2. The Labute approximate surface area is 159 Å². The van der Waals surface area contributed by atoms with Crippen molar-refractivity contribution in [3.8, 4) is 6.07 Å². The van der Waals surface area contributed by atoms with E-state index in [9.17, 15) is 9.59 Å². The largest absolute Gasteiger partial charge is 0.325 e. The molecule has 0 aliphatic heterocycles. The second kappa shape index (κ2) is 8.97. The minimum atomic E-state index is -0.541. The summed E-state index contributed by atoms with van der Waals surface area (Å²) in [5.41, 5.74) is 3.68. The van der Waals surface area contributed by atoms with Crippen LogP contribution in [0.25, 0.3) is 0 Å². The molecule has 0 aromatic heterocycles. The molecule has 0 aliphatic carbocycles. The van der Waals surface area contributed by atoms with Gasteiger partial charge in [0.1, 0.15) is 6.07 Å². The first-order valence-electron chi connectivity index (χ1n) is 8.69. The maximum Gasteiger partial charge on any atom is 0.241 e. The van der Waals surface area contributed by atoms with Crippen molar-refractivity contribution >= 4 is 23.2 Å². The topological polar surface area (TPSA) is 85.2 Å². The van der Waals surface area contributed by atoms with Crippen molar-refractivity contribution in [3.63, 3.8) is 0 Å². The van der Waals surface area contributed by atoms with Gasteiger partial charge in [0, 0.05) is 5.69 Å². The minimum absolute atomic E-state index is 0.0713. The number of anilines is 2. The number of para-hydroxylation sites is 1. The van der Waals surface area contributed by atoms with E-state index in [2.05, 4.69) is 10.6 Å². The van der Waals surface area contributed by atoms with Gasteiger partial charge in [-0.05, 0) is 57.1 Å². The normalized spacial score (nSPS) is 11.6. The van der Waals surface area contributed by atoms with Crippen molar-refractivity contribution in [2.45, 2.75) is 26.8 Å². The van der Waals surface area contributed by atoms with Crippen molar-refractivity contribution in [1.29, 1.82) is 5.26 Å². The highest BCUT2D eigenvalue weighted by molar-refractivity contribution is 5.97. The van der Waals surface area contributed by atoms with Crippen LogP contribution in [0.3, 0.4) is 0 Å². The summed E-state index contributed by atoms with van der Waals surface area (Å²) >= 11 is 0. The maximum absolute atomic E-state index is 12.5. The Bertz CT molecular complexity index is 886. The highest BCUT2D eigenvalue weighted by Crippen LogP contribution is 2.17. The van der Waals surface area contributed by atoms with Gasteiger partial charge in [0.15, 0.2) is 0 Å². The predicted octanol–water partition coefficient (Wildman–Crippen LogP) is 3.07. The van der Waals surface area contributed by atoms with E-state index < -0.39 is 6.04 Å². The molecule has 0 radical (unpaired) electrons. The fraction of sp³-hybridized carbons (Fsp3) is 0.286. The highest BCUT2D eigenvalue weighted by atomic mass is 16.2. The molecule has 0 saturated heterocycles. The lowest BCUT2D eigenvalue weighted by Gasteiger charge is -2.23. The molecule has 0 saturated carbocycles. The van der Waals surface area contributed by atoms with E-state index in [1.807, 2.05) is 38.1 Å². The SMILES string of the molecule is Cc1ccc(C)c(NC(=O)CN(C)[C@H](C)C(=O)Nc2ccccc2C#N)c1. The summed E-state index contributed by atoms with van der Waals surface area (Å²) in [7, 11) is 1.71. The van der Waals surface area contributed by atoms with Gasteiger partial charge >= 0.3 is 0 Å². The van der Waals surface area contributed by atoms with E-state index in [0.717, 1.165) is 16.8 Å². The van der Waals surface area contributed by atoms with Crippen LogP contribution < -0.4 is 10.6 Å². The maximum atomic E-state index is 12.5. The molecule has 2 N–H and O–H groups in total. The van der Waals surface area contributed by atoms with Crippen LogP contribution in [0.2, 0.25) is 0 Å². The molecule has 0 aliphatic rings. The van der Waals surface area contributed by atoms with Gasteiger partial charge in [-0.3, -0.25) is 14.5 Å². The molecule has 0 heterocycles. The number of benzene rings is 2.